The van der Waals surface area contributed by atoms with Crippen LogP contribution < -0.4 is 15.0 Å². The number of aromatic amines is 1. The second kappa shape index (κ2) is 7.90. The minimum atomic E-state index is -4.83. The lowest BCUT2D eigenvalue weighted by Crippen LogP contribution is -2.24. The molecule has 10 heteroatoms. The standard InChI is InChI=1S/C19H19F3N4O3/c1-3-26(4-2)15-10-14-13(9-11(15)17(27)28)24-18(25-14)23-12-7-5-6-8-16(12)29-19(20,21)22/h5-10H,3-4H2,1-2H3,(H,27,28)(H2,23,24,25). The highest BCUT2D eigenvalue weighted by Crippen LogP contribution is 2.33. The Hall–Kier alpha value is -3.43. The Morgan fingerprint density at radius 3 is 2.55 bits per heavy atom. The van der Waals surface area contributed by atoms with Gasteiger partial charge in [-0.2, -0.15) is 0 Å². The summed E-state index contributed by atoms with van der Waals surface area (Å²) < 4.78 is 41.8. The molecule has 3 N–H and O–H groups in total. The van der Waals surface area contributed by atoms with E-state index in [2.05, 4.69) is 20.0 Å². The molecule has 0 aliphatic heterocycles. The number of fused-ring (bicyclic) bond motifs is 1. The lowest BCUT2D eigenvalue weighted by atomic mass is 10.1. The maximum atomic E-state index is 12.6. The molecule has 0 radical (unpaired) electrons. The van der Waals surface area contributed by atoms with Crippen LogP contribution >= 0.6 is 0 Å². The molecule has 29 heavy (non-hydrogen) atoms. The quantitative estimate of drug-likeness (QED) is 0.523. The van der Waals surface area contributed by atoms with Crippen LogP contribution in [0.2, 0.25) is 0 Å². The first-order valence-electron chi connectivity index (χ1n) is 8.85. The van der Waals surface area contributed by atoms with Crippen molar-refractivity contribution in [2.24, 2.45) is 0 Å². The number of alkyl halides is 3. The van der Waals surface area contributed by atoms with Gasteiger partial charge in [-0.1, -0.05) is 12.1 Å². The highest BCUT2D eigenvalue weighted by atomic mass is 19.4. The number of aromatic nitrogens is 2. The molecule has 0 atom stereocenters. The van der Waals surface area contributed by atoms with Crippen LogP contribution in [-0.2, 0) is 0 Å². The van der Waals surface area contributed by atoms with Crippen molar-refractivity contribution in [3.8, 4) is 5.75 Å². The summed E-state index contributed by atoms with van der Waals surface area (Å²) in [6.45, 7) is 5.06. The summed E-state index contributed by atoms with van der Waals surface area (Å²) in [5.41, 5.74) is 1.61. The van der Waals surface area contributed by atoms with E-state index in [9.17, 15) is 23.1 Å². The highest BCUT2D eigenvalue weighted by molar-refractivity contribution is 6.00. The summed E-state index contributed by atoms with van der Waals surface area (Å²) in [5.74, 6) is -1.34. The Balaban J connectivity index is 2.00. The predicted octanol–water partition coefficient (Wildman–Crippen LogP) is 4.75. The van der Waals surface area contributed by atoms with E-state index in [1.165, 1.54) is 24.3 Å². The van der Waals surface area contributed by atoms with Crippen molar-refractivity contribution < 1.29 is 27.8 Å². The van der Waals surface area contributed by atoms with E-state index in [1.807, 2.05) is 18.7 Å². The average Bonchev–Trinajstić information content (AvgIpc) is 3.04. The number of nitrogens with zero attached hydrogens (tertiary/aromatic N) is 2. The number of carboxylic acids is 1. The summed E-state index contributed by atoms with van der Waals surface area (Å²) in [6.07, 6.45) is -4.83. The molecule has 3 rings (SSSR count). The molecular weight excluding hydrogens is 389 g/mol. The van der Waals surface area contributed by atoms with E-state index < -0.39 is 18.1 Å². The molecule has 0 fully saturated rings. The van der Waals surface area contributed by atoms with Gasteiger partial charge in [0.05, 0.1) is 28.0 Å². The summed E-state index contributed by atoms with van der Waals surface area (Å²) in [7, 11) is 0. The number of H-pyrrole nitrogens is 1. The number of hydrogen-bond donors (Lipinski definition) is 3. The molecular formula is C19H19F3N4O3. The summed E-state index contributed by atoms with van der Waals surface area (Å²) in [4.78, 5) is 20.8. The number of hydrogen-bond acceptors (Lipinski definition) is 5. The molecule has 1 heterocycles. The Labute approximate surface area is 164 Å². The van der Waals surface area contributed by atoms with E-state index in [-0.39, 0.29) is 17.2 Å². The van der Waals surface area contributed by atoms with Crippen LogP contribution in [-0.4, -0.2) is 40.5 Å². The Morgan fingerprint density at radius 1 is 1.24 bits per heavy atom. The fourth-order valence-corrected chi connectivity index (χ4v) is 3.01. The predicted molar refractivity (Wildman–Crippen MR) is 103 cm³/mol. The van der Waals surface area contributed by atoms with E-state index in [0.717, 1.165) is 0 Å². The topological polar surface area (TPSA) is 90.5 Å². The minimum absolute atomic E-state index is 0.0614. The van der Waals surface area contributed by atoms with Crippen LogP contribution in [0.15, 0.2) is 36.4 Å². The van der Waals surface area contributed by atoms with E-state index in [0.29, 0.717) is 29.8 Å². The second-order valence-corrected chi connectivity index (χ2v) is 6.12. The number of halogens is 3. The first kappa shape index (κ1) is 20.3. The van der Waals surface area contributed by atoms with Gasteiger partial charge in [0.2, 0.25) is 5.95 Å². The number of carbonyl (C=O) groups is 1. The van der Waals surface area contributed by atoms with Gasteiger partial charge in [-0.15, -0.1) is 13.2 Å². The van der Waals surface area contributed by atoms with Crippen LogP contribution in [0.3, 0.4) is 0 Å². The van der Waals surface area contributed by atoms with E-state index >= 15 is 0 Å². The number of ether oxygens (including phenoxy) is 1. The highest BCUT2D eigenvalue weighted by Gasteiger charge is 2.32. The Bertz CT molecular complexity index is 1030. The lowest BCUT2D eigenvalue weighted by molar-refractivity contribution is -0.274. The number of rotatable bonds is 7. The average molecular weight is 408 g/mol. The van der Waals surface area contributed by atoms with Crippen LogP contribution in [0.25, 0.3) is 11.0 Å². The maximum Gasteiger partial charge on any atom is 0.573 e. The van der Waals surface area contributed by atoms with Gasteiger partial charge in [0.25, 0.3) is 0 Å². The zero-order chi connectivity index (χ0) is 21.2. The maximum absolute atomic E-state index is 12.6. The third kappa shape index (κ3) is 4.53. The SMILES string of the molecule is CCN(CC)c1cc2[nH]c(Nc3ccccc3OC(F)(F)F)nc2cc1C(=O)O. The molecule has 3 aromatic rings. The van der Waals surface area contributed by atoms with Crippen molar-refractivity contribution in [3.05, 3.63) is 42.0 Å². The van der Waals surface area contributed by atoms with Gasteiger partial charge in [0.15, 0.2) is 5.75 Å². The number of anilines is 3. The molecule has 0 bridgehead atoms. The van der Waals surface area contributed by atoms with Crippen LogP contribution in [0.1, 0.15) is 24.2 Å². The van der Waals surface area contributed by atoms with E-state index in [1.54, 1.807) is 12.1 Å². The van der Waals surface area contributed by atoms with Gasteiger partial charge in [-0.05, 0) is 38.1 Å². The molecule has 0 unspecified atom stereocenters. The van der Waals surface area contributed by atoms with Crippen molar-refractivity contribution in [2.75, 3.05) is 23.3 Å². The third-order valence-corrected chi connectivity index (χ3v) is 4.30. The number of carboxylic acid groups (broad SMARTS) is 1. The number of imidazole rings is 1. The monoisotopic (exact) mass is 408 g/mol. The van der Waals surface area contributed by atoms with Crippen molar-refractivity contribution in [1.82, 2.24) is 9.97 Å². The molecule has 1 aromatic heterocycles. The molecule has 0 amide bonds. The summed E-state index contributed by atoms with van der Waals surface area (Å²) >= 11 is 0. The molecule has 2 aromatic carbocycles. The van der Waals surface area contributed by atoms with Gasteiger partial charge in [0.1, 0.15) is 0 Å². The number of nitrogens with one attached hydrogen (secondary N) is 2. The number of benzene rings is 2. The molecule has 7 nitrogen and oxygen atoms in total. The van der Waals surface area contributed by atoms with Crippen LogP contribution in [0.5, 0.6) is 5.75 Å². The second-order valence-electron chi connectivity index (χ2n) is 6.12. The van der Waals surface area contributed by atoms with Gasteiger partial charge >= 0.3 is 12.3 Å². The smallest absolute Gasteiger partial charge is 0.478 e. The fourth-order valence-electron chi connectivity index (χ4n) is 3.01. The van der Waals surface area contributed by atoms with Gasteiger partial charge in [0, 0.05) is 13.1 Å². The van der Waals surface area contributed by atoms with Gasteiger partial charge in [-0.25, -0.2) is 9.78 Å². The van der Waals surface area contributed by atoms with Crippen molar-refractivity contribution in [2.45, 2.75) is 20.2 Å². The van der Waals surface area contributed by atoms with Gasteiger partial charge in [-0.3, -0.25) is 0 Å². The summed E-state index contributed by atoms with van der Waals surface area (Å²) in [6, 6.07) is 8.67. The Kier molecular flexibility index (Phi) is 5.53. The minimum Gasteiger partial charge on any atom is -0.478 e. The first-order valence-corrected chi connectivity index (χ1v) is 8.85. The molecule has 0 spiro atoms. The van der Waals surface area contributed by atoms with Crippen LogP contribution in [0, 0.1) is 0 Å². The van der Waals surface area contributed by atoms with E-state index in [4.69, 9.17) is 0 Å². The summed E-state index contributed by atoms with van der Waals surface area (Å²) in [5, 5.41) is 12.3. The molecule has 0 saturated heterocycles. The molecule has 0 aliphatic carbocycles. The molecule has 154 valence electrons. The van der Waals surface area contributed by atoms with Gasteiger partial charge < -0.3 is 25.0 Å². The zero-order valence-corrected chi connectivity index (χ0v) is 15.7. The molecule has 0 aliphatic rings. The Morgan fingerprint density at radius 2 is 1.93 bits per heavy atom. The van der Waals surface area contributed by atoms with Crippen LogP contribution in [0.4, 0.5) is 30.5 Å². The fraction of sp³-hybridized carbons (Fsp3) is 0.263. The largest absolute Gasteiger partial charge is 0.573 e. The first-order chi connectivity index (χ1) is 13.7. The lowest BCUT2D eigenvalue weighted by Gasteiger charge is -2.22. The number of para-hydroxylation sites is 2. The van der Waals surface area contributed by atoms with Crippen molar-refractivity contribution in [1.29, 1.82) is 0 Å². The van der Waals surface area contributed by atoms with Crippen molar-refractivity contribution in [3.63, 3.8) is 0 Å². The molecule has 0 saturated carbocycles. The van der Waals surface area contributed by atoms with Crippen molar-refractivity contribution >= 4 is 34.3 Å². The zero-order valence-electron chi connectivity index (χ0n) is 15.7. The third-order valence-electron chi connectivity index (χ3n) is 4.30. The normalized spacial score (nSPS) is 11.5. The number of aromatic carboxylic acids is 1.